The maximum absolute atomic E-state index is 11.7. The first kappa shape index (κ1) is 19.1. The Morgan fingerprint density at radius 1 is 0.654 bits per heavy atom. The van der Waals surface area contributed by atoms with Gasteiger partial charge in [0.15, 0.2) is 0 Å². The van der Waals surface area contributed by atoms with Gasteiger partial charge in [0.2, 0.25) is 0 Å². The van der Waals surface area contributed by atoms with E-state index in [1.54, 1.807) is 48.5 Å². The van der Waals surface area contributed by atoms with Crippen molar-refractivity contribution in [2.75, 3.05) is 0 Å². The van der Waals surface area contributed by atoms with E-state index in [-0.39, 0.29) is 12.8 Å². The Morgan fingerprint density at radius 3 is 1.31 bits per heavy atom. The zero-order valence-electron chi connectivity index (χ0n) is 14.1. The molecular weight excluding hydrogens is 336 g/mol. The summed E-state index contributed by atoms with van der Waals surface area (Å²) < 4.78 is 10.3. The molecule has 6 heteroatoms. The topological polar surface area (TPSA) is 86.7 Å². The lowest BCUT2D eigenvalue weighted by atomic mass is 10.2. The first-order valence-corrected chi connectivity index (χ1v) is 8.12. The van der Waals surface area contributed by atoms with Crippen LogP contribution in [0.4, 0.5) is 0 Å². The van der Waals surface area contributed by atoms with E-state index in [0.29, 0.717) is 48.0 Å². The molecular formula is C20H18O6. The number of rotatable bonds is 9. The molecule has 0 unspecified atom stereocenters. The molecule has 0 amide bonds. The van der Waals surface area contributed by atoms with Gasteiger partial charge in [-0.15, -0.1) is 0 Å². The van der Waals surface area contributed by atoms with Crippen LogP contribution in [0.25, 0.3) is 0 Å². The van der Waals surface area contributed by atoms with Crippen LogP contribution >= 0.6 is 0 Å². The van der Waals surface area contributed by atoms with Gasteiger partial charge in [-0.1, -0.05) is 0 Å². The highest BCUT2D eigenvalue weighted by atomic mass is 16.5. The molecule has 0 radical (unpaired) electrons. The van der Waals surface area contributed by atoms with Crippen LogP contribution in [0, 0.1) is 0 Å². The molecule has 0 atom stereocenters. The second-order valence-corrected chi connectivity index (χ2v) is 5.53. The lowest BCUT2D eigenvalue weighted by molar-refractivity contribution is -0.136. The highest BCUT2D eigenvalue weighted by molar-refractivity contribution is 5.77. The lowest BCUT2D eigenvalue weighted by Gasteiger charge is -2.05. The molecule has 0 aliphatic rings. The molecule has 0 N–H and O–H groups in total. The number of aldehydes is 2. The van der Waals surface area contributed by atoms with E-state index in [4.69, 9.17) is 9.47 Å². The van der Waals surface area contributed by atoms with E-state index in [1.807, 2.05) is 0 Å². The number of hydrogen-bond donors (Lipinski definition) is 0. The summed E-state index contributed by atoms with van der Waals surface area (Å²) in [5.41, 5.74) is 1.01. The fourth-order valence-electron chi connectivity index (χ4n) is 2.13. The Labute approximate surface area is 150 Å². The van der Waals surface area contributed by atoms with Gasteiger partial charge in [0, 0.05) is 24.0 Å². The minimum Gasteiger partial charge on any atom is -0.427 e. The van der Waals surface area contributed by atoms with Crippen LogP contribution in [0.1, 0.15) is 46.4 Å². The smallest absolute Gasteiger partial charge is 0.311 e. The summed E-state index contributed by atoms with van der Waals surface area (Å²) in [5, 5.41) is 0. The molecule has 0 heterocycles. The van der Waals surface area contributed by atoms with Gasteiger partial charge in [0.25, 0.3) is 0 Å². The van der Waals surface area contributed by atoms with Gasteiger partial charge in [-0.05, 0) is 61.4 Å². The van der Waals surface area contributed by atoms with Crippen LogP contribution in [-0.4, -0.2) is 24.5 Å². The van der Waals surface area contributed by atoms with E-state index < -0.39 is 11.9 Å². The van der Waals surface area contributed by atoms with E-state index >= 15 is 0 Å². The Kier molecular flexibility index (Phi) is 7.24. The van der Waals surface area contributed by atoms with Gasteiger partial charge in [-0.25, -0.2) is 0 Å². The summed E-state index contributed by atoms with van der Waals surface area (Å²) in [6.45, 7) is 0. The first-order chi connectivity index (χ1) is 12.6. The summed E-state index contributed by atoms with van der Waals surface area (Å²) in [6, 6.07) is 12.5. The molecule has 0 bridgehead atoms. The molecule has 0 aromatic heterocycles. The monoisotopic (exact) mass is 354 g/mol. The third kappa shape index (κ3) is 6.32. The Hall–Kier alpha value is -3.28. The summed E-state index contributed by atoms with van der Waals surface area (Å²) in [4.78, 5) is 44.6. The minimum absolute atomic E-state index is 0.177. The Balaban J connectivity index is 1.65. The summed E-state index contributed by atoms with van der Waals surface area (Å²) in [7, 11) is 0. The van der Waals surface area contributed by atoms with Gasteiger partial charge in [-0.2, -0.15) is 0 Å². The van der Waals surface area contributed by atoms with E-state index in [0.717, 1.165) is 0 Å². The van der Waals surface area contributed by atoms with Crippen LogP contribution in [0.3, 0.4) is 0 Å². The maximum Gasteiger partial charge on any atom is 0.311 e. The van der Waals surface area contributed by atoms with Crippen LogP contribution in [0.2, 0.25) is 0 Å². The minimum atomic E-state index is -0.401. The summed E-state index contributed by atoms with van der Waals surface area (Å²) >= 11 is 0. The van der Waals surface area contributed by atoms with Crippen molar-refractivity contribution in [3.05, 3.63) is 59.7 Å². The van der Waals surface area contributed by atoms with Gasteiger partial charge in [-0.3, -0.25) is 19.2 Å². The van der Waals surface area contributed by atoms with Crippen molar-refractivity contribution in [2.24, 2.45) is 0 Å². The highest BCUT2D eigenvalue weighted by Crippen LogP contribution is 2.14. The van der Waals surface area contributed by atoms with Gasteiger partial charge in [0.05, 0.1) is 0 Å². The number of carbonyl (C=O) groups excluding carboxylic acids is 4. The predicted molar refractivity (Wildman–Crippen MR) is 93.4 cm³/mol. The van der Waals surface area contributed by atoms with Crippen LogP contribution in [-0.2, 0) is 9.59 Å². The average Bonchev–Trinajstić information content (AvgIpc) is 2.66. The third-order valence-electron chi connectivity index (χ3n) is 3.51. The number of ether oxygens (including phenoxy) is 2. The quantitative estimate of drug-likeness (QED) is 0.297. The maximum atomic E-state index is 11.7. The third-order valence-corrected chi connectivity index (χ3v) is 3.51. The summed E-state index contributed by atoms with van der Waals surface area (Å²) in [5.74, 6) is -0.0547. The molecule has 0 spiro atoms. The molecule has 6 nitrogen and oxygen atoms in total. The van der Waals surface area contributed by atoms with Gasteiger partial charge in [0.1, 0.15) is 24.1 Å². The molecule has 2 rings (SSSR count). The van der Waals surface area contributed by atoms with Crippen molar-refractivity contribution in [3.63, 3.8) is 0 Å². The largest absolute Gasteiger partial charge is 0.427 e. The fraction of sp³-hybridized carbons (Fsp3) is 0.200. The van der Waals surface area contributed by atoms with Crippen molar-refractivity contribution < 1.29 is 28.7 Å². The Bertz CT molecular complexity index is 694. The average molecular weight is 354 g/mol. The van der Waals surface area contributed by atoms with Crippen molar-refractivity contribution in [1.82, 2.24) is 0 Å². The molecule has 0 saturated carbocycles. The van der Waals surface area contributed by atoms with E-state index in [9.17, 15) is 19.2 Å². The number of carbonyl (C=O) groups is 4. The summed E-state index contributed by atoms with van der Waals surface area (Å²) in [6.07, 6.45) is 2.75. The molecule has 0 fully saturated rings. The van der Waals surface area contributed by atoms with Gasteiger partial charge >= 0.3 is 11.9 Å². The normalized spacial score (nSPS) is 10.0. The second-order valence-electron chi connectivity index (χ2n) is 5.53. The highest BCUT2D eigenvalue weighted by Gasteiger charge is 2.08. The molecule has 0 aliphatic heterocycles. The molecule has 2 aromatic rings. The van der Waals surface area contributed by atoms with Crippen LogP contribution < -0.4 is 9.47 Å². The van der Waals surface area contributed by atoms with E-state index in [1.165, 1.54) is 0 Å². The number of benzene rings is 2. The first-order valence-electron chi connectivity index (χ1n) is 8.12. The molecule has 0 saturated heterocycles. The fourth-order valence-corrected chi connectivity index (χ4v) is 2.13. The Morgan fingerprint density at radius 2 is 1.00 bits per heavy atom. The van der Waals surface area contributed by atoms with Crippen molar-refractivity contribution in [2.45, 2.75) is 25.7 Å². The lowest BCUT2D eigenvalue weighted by Crippen LogP contribution is -2.10. The number of esters is 2. The van der Waals surface area contributed by atoms with Crippen LogP contribution in [0.5, 0.6) is 11.5 Å². The number of hydrogen-bond acceptors (Lipinski definition) is 6. The SMILES string of the molecule is O=Cc1ccc(OC(=O)CCCCC(=O)Oc2ccc(C=O)cc2)cc1. The molecule has 2 aromatic carbocycles. The van der Waals surface area contributed by atoms with E-state index in [2.05, 4.69) is 0 Å². The number of unbranched alkanes of at least 4 members (excludes halogenated alkanes) is 1. The van der Waals surface area contributed by atoms with Crippen LogP contribution in [0.15, 0.2) is 48.5 Å². The van der Waals surface area contributed by atoms with Gasteiger partial charge < -0.3 is 9.47 Å². The van der Waals surface area contributed by atoms with Crippen molar-refractivity contribution >= 4 is 24.5 Å². The molecule has 0 aliphatic carbocycles. The standard InChI is InChI=1S/C20H18O6/c21-13-15-5-9-17(10-6-15)25-19(23)3-1-2-4-20(24)26-18-11-7-16(14-22)8-12-18/h5-14H,1-4H2. The van der Waals surface area contributed by atoms with Crippen molar-refractivity contribution in [1.29, 1.82) is 0 Å². The predicted octanol–water partition coefficient (Wildman–Crippen LogP) is 3.38. The zero-order chi connectivity index (χ0) is 18.8. The molecule has 134 valence electrons. The second kappa shape index (κ2) is 9.88. The van der Waals surface area contributed by atoms with Crippen molar-refractivity contribution in [3.8, 4) is 11.5 Å². The molecule has 26 heavy (non-hydrogen) atoms. The zero-order valence-corrected chi connectivity index (χ0v) is 14.1.